The van der Waals surface area contributed by atoms with Gasteiger partial charge in [0.1, 0.15) is 0 Å². The van der Waals surface area contributed by atoms with Gasteiger partial charge in [0.2, 0.25) is 0 Å². The third kappa shape index (κ3) is 3.54. The summed E-state index contributed by atoms with van der Waals surface area (Å²) in [5.74, 6) is 0. The molecule has 0 fully saturated rings. The SMILES string of the molecule is C=CCN(c1ccc(Cl)cc1C)S(=O)(=O)c1ccc(Br)cc1. The van der Waals surface area contributed by atoms with Crippen LogP contribution in [0.4, 0.5) is 5.69 Å². The molecule has 0 N–H and O–H groups in total. The Kier molecular flexibility index (Phi) is 5.32. The van der Waals surface area contributed by atoms with Crippen LogP contribution in [0, 0.1) is 6.92 Å². The van der Waals surface area contributed by atoms with E-state index < -0.39 is 10.0 Å². The molecule has 0 saturated heterocycles. The molecule has 116 valence electrons. The van der Waals surface area contributed by atoms with Gasteiger partial charge < -0.3 is 0 Å². The van der Waals surface area contributed by atoms with Crippen LogP contribution >= 0.6 is 27.5 Å². The van der Waals surface area contributed by atoms with Crippen molar-refractivity contribution in [3.8, 4) is 0 Å². The number of hydrogen-bond acceptors (Lipinski definition) is 2. The Balaban J connectivity index is 2.55. The molecule has 0 amide bonds. The number of benzene rings is 2. The van der Waals surface area contributed by atoms with Crippen molar-refractivity contribution in [2.24, 2.45) is 0 Å². The van der Waals surface area contributed by atoms with E-state index in [9.17, 15) is 8.42 Å². The van der Waals surface area contributed by atoms with Gasteiger partial charge in [-0.15, -0.1) is 6.58 Å². The van der Waals surface area contributed by atoms with Gasteiger partial charge in [-0.1, -0.05) is 33.6 Å². The second-order valence-corrected chi connectivity index (χ2v) is 7.92. The molecule has 2 rings (SSSR count). The fourth-order valence-electron chi connectivity index (χ4n) is 2.08. The highest BCUT2D eigenvalue weighted by molar-refractivity contribution is 9.10. The summed E-state index contributed by atoms with van der Waals surface area (Å²) in [6.45, 7) is 5.66. The van der Waals surface area contributed by atoms with Crippen LogP contribution in [0.1, 0.15) is 5.56 Å². The molecule has 0 atom stereocenters. The number of rotatable bonds is 5. The van der Waals surface area contributed by atoms with Crippen molar-refractivity contribution in [2.45, 2.75) is 11.8 Å². The summed E-state index contributed by atoms with van der Waals surface area (Å²) in [6, 6.07) is 11.7. The number of sulfonamides is 1. The van der Waals surface area contributed by atoms with Crippen LogP contribution in [-0.2, 0) is 10.0 Å². The first kappa shape index (κ1) is 17.1. The summed E-state index contributed by atoms with van der Waals surface area (Å²) in [4.78, 5) is 0.229. The molecule has 0 heterocycles. The predicted octanol–water partition coefficient (Wildman–Crippen LogP) is 4.79. The Labute approximate surface area is 144 Å². The number of halogens is 2. The smallest absolute Gasteiger partial charge is 0.262 e. The normalized spacial score (nSPS) is 11.2. The van der Waals surface area contributed by atoms with Gasteiger partial charge in [0.25, 0.3) is 10.0 Å². The monoisotopic (exact) mass is 399 g/mol. The maximum atomic E-state index is 12.9. The average Bonchev–Trinajstić information content (AvgIpc) is 2.46. The number of nitrogens with zero attached hydrogens (tertiary/aromatic N) is 1. The Morgan fingerprint density at radius 1 is 1.23 bits per heavy atom. The van der Waals surface area contributed by atoms with E-state index in [0.717, 1.165) is 10.0 Å². The van der Waals surface area contributed by atoms with Crippen molar-refractivity contribution in [3.05, 3.63) is 70.2 Å². The predicted molar refractivity (Wildman–Crippen MR) is 95.1 cm³/mol. The maximum Gasteiger partial charge on any atom is 0.264 e. The van der Waals surface area contributed by atoms with Crippen molar-refractivity contribution in [1.82, 2.24) is 0 Å². The van der Waals surface area contributed by atoms with Crippen LogP contribution in [0.25, 0.3) is 0 Å². The third-order valence-corrected chi connectivity index (χ3v) is 5.68. The Bertz CT molecular complexity index is 788. The van der Waals surface area contributed by atoms with Gasteiger partial charge in [0, 0.05) is 9.50 Å². The van der Waals surface area contributed by atoms with Crippen molar-refractivity contribution in [2.75, 3.05) is 10.8 Å². The summed E-state index contributed by atoms with van der Waals surface area (Å²) in [6.07, 6.45) is 1.56. The number of anilines is 1. The first-order chi connectivity index (χ1) is 10.4. The zero-order valence-electron chi connectivity index (χ0n) is 12.0. The molecule has 0 spiro atoms. The zero-order valence-corrected chi connectivity index (χ0v) is 15.1. The molecule has 22 heavy (non-hydrogen) atoms. The van der Waals surface area contributed by atoms with Gasteiger partial charge in [-0.05, 0) is 55.0 Å². The van der Waals surface area contributed by atoms with E-state index in [4.69, 9.17) is 11.6 Å². The molecule has 0 aromatic heterocycles. The standard InChI is InChI=1S/C16H15BrClNO2S/c1-3-10-19(16-9-6-14(18)11-12(16)2)22(20,21)15-7-4-13(17)5-8-15/h3-9,11H,1,10H2,2H3. The molecule has 0 radical (unpaired) electrons. The lowest BCUT2D eigenvalue weighted by atomic mass is 10.2. The lowest BCUT2D eigenvalue weighted by molar-refractivity contribution is 0.592. The Morgan fingerprint density at radius 2 is 1.86 bits per heavy atom. The average molecular weight is 401 g/mol. The first-order valence-electron chi connectivity index (χ1n) is 6.51. The molecule has 0 aliphatic rings. The Hall–Kier alpha value is -1.30. The summed E-state index contributed by atoms with van der Waals surface area (Å²) in [5.41, 5.74) is 1.38. The van der Waals surface area contributed by atoms with Crippen molar-refractivity contribution in [1.29, 1.82) is 0 Å². The lowest BCUT2D eigenvalue weighted by Gasteiger charge is -2.25. The van der Waals surface area contributed by atoms with Crippen LogP contribution in [0.3, 0.4) is 0 Å². The minimum absolute atomic E-state index is 0.181. The Morgan fingerprint density at radius 3 is 2.41 bits per heavy atom. The van der Waals surface area contributed by atoms with Crippen LogP contribution in [0.15, 0.2) is 64.5 Å². The van der Waals surface area contributed by atoms with Crippen molar-refractivity contribution < 1.29 is 8.42 Å². The molecule has 0 aliphatic heterocycles. The molecule has 3 nitrogen and oxygen atoms in total. The van der Waals surface area contributed by atoms with Crippen LogP contribution in [0.2, 0.25) is 5.02 Å². The van der Waals surface area contributed by atoms with E-state index in [-0.39, 0.29) is 11.4 Å². The summed E-state index contributed by atoms with van der Waals surface area (Å²) < 4.78 is 28.0. The third-order valence-electron chi connectivity index (χ3n) is 3.12. The van der Waals surface area contributed by atoms with E-state index in [0.29, 0.717) is 10.7 Å². The maximum absolute atomic E-state index is 12.9. The minimum atomic E-state index is -3.67. The topological polar surface area (TPSA) is 37.4 Å². The van der Waals surface area contributed by atoms with Gasteiger partial charge in [-0.3, -0.25) is 4.31 Å². The van der Waals surface area contributed by atoms with Crippen LogP contribution in [0.5, 0.6) is 0 Å². The van der Waals surface area contributed by atoms with Gasteiger partial charge >= 0.3 is 0 Å². The largest absolute Gasteiger partial charge is 0.264 e. The zero-order chi connectivity index (χ0) is 16.3. The second-order valence-electron chi connectivity index (χ2n) is 4.71. The van der Waals surface area contributed by atoms with E-state index in [1.165, 1.54) is 4.31 Å². The fourth-order valence-corrected chi connectivity index (χ4v) is 4.07. The molecule has 2 aromatic carbocycles. The van der Waals surface area contributed by atoms with E-state index in [1.54, 1.807) is 48.5 Å². The van der Waals surface area contributed by atoms with Crippen LogP contribution < -0.4 is 4.31 Å². The molecule has 6 heteroatoms. The van der Waals surface area contributed by atoms with Crippen LogP contribution in [-0.4, -0.2) is 15.0 Å². The number of aryl methyl sites for hydroxylation is 1. The molecular formula is C16H15BrClNO2S. The molecule has 0 unspecified atom stereocenters. The fraction of sp³-hybridized carbons (Fsp3) is 0.125. The van der Waals surface area contributed by atoms with Crippen molar-refractivity contribution in [3.63, 3.8) is 0 Å². The van der Waals surface area contributed by atoms with Gasteiger partial charge in [0.05, 0.1) is 17.1 Å². The van der Waals surface area contributed by atoms with E-state index in [1.807, 2.05) is 6.92 Å². The molecular weight excluding hydrogens is 386 g/mol. The first-order valence-corrected chi connectivity index (χ1v) is 9.12. The highest BCUT2D eigenvalue weighted by Gasteiger charge is 2.25. The second kappa shape index (κ2) is 6.86. The van der Waals surface area contributed by atoms with Gasteiger partial charge in [-0.25, -0.2) is 8.42 Å². The number of hydrogen-bond donors (Lipinski definition) is 0. The molecule has 2 aromatic rings. The summed E-state index contributed by atoms with van der Waals surface area (Å²) in [7, 11) is -3.67. The summed E-state index contributed by atoms with van der Waals surface area (Å²) >= 11 is 9.26. The molecule has 0 bridgehead atoms. The van der Waals surface area contributed by atoms with Gasteiger partial charge in [0.15, 0.2) is 0 Å². The highest BCUT2D eigenvalue weighted by atomic mass is 79.9. The van der Waals surface area contributed by atoms with E-state index >= 15 is 0 Å². The van der Waals surface area contributed by atoms with Gasteiger partial charge in [-0.2, -0.15) is 0 Å². The molecule has 0 aliphatic carbocycles. The minimum Gasteiger partial charge on any atom is -0.262 e. The quantitative estimate of drug-likeness (QED) is 0.677. The molecule has 0 saturated carbocycles. The summed E-state index contributed by atoms with van der Waals surface area (Å²) in [5, 5.41) is 0.570. The highest BCUT2D eigenvalue weighted by Crippen LogP contribution is 2.29. The lowest BCUT2D eigenvalue weighted by Crippen LogP contribution is -2.31. The van der Waals surface area contributed by atoms with E-state index in [2.05, 4.69) is 22.5 Å². The van der Waals surface area contributed by atoms with Crippen molar-refractivity contribution >= 4 is 43.2 Å².